The van der Waals surface area contributed by atoms with Crippen LogP contribution in [0.4, 0.5) is 32.0 Å². The first-order valence-electron chi connectivity index (χ1n) is 6.91. The van der Waals surface area contributed by atoms with Crippen molar-refractivity contribution >= 4 is 11.4 Å². The monoisotopic (exact) mass is 363 g/mol. The Morgan fingerprint density at radius 1 is 1.08 bits per heavy atom. The molecule has 2 rings (SSSR count). The summed E-state index contributed by atoms with van der Waals surface area (Å²) in [4.78, 5) is 2.43. The largest absolute Gasteiger partial charge is 0.435 e. The minimum absolute atomic E-state index is 0.0856. The molecule has 0 atom stereocenters. The lowest BCUT2D eigenvalue weighted by molar-refractivity contribution is -0.0498. The lowest BCUT2D eigenvalue weighted by atomic mass is 10.1. The summed E-state index contributed by atoms with van der Waals surface area (Å²) < 4.78 is 81.5. The van der Waals surface area contributed by atoms with Gasteiger partial charge in [-0.2, -0.15) is 36.4 Å². The van der Waals surface area contributed by atoms with Crippen molar-refractivity contribution in [1.29, 1.82) is 0 Å². The number of hydrogen-bond acceptors (Lipinski definition) is 4. The number of rotatable bonds is 6. The smallest absolute Gasteiger partial charge is 0.387 e. The first-order valence-corrected chi connectivity index (χ1v) is 6.91. The van der Waals surface area contributed by atoms with Crippen LogP contribution >= 0.6 is 0 Å². The van der Waals surface area contributed by atoms with Gasteiger partial charge in [0.25, 0.3) is 11.9 Å². The molecule has 10 heteroatoms. The van der Waals surface area contributed by atoms with Crippen LogP contribution in [0.15, 0.2) is 29.4 Å². The second-order valence-electron chi connectivity index (χ2n) is 4.62. The van der Waals surface area contributed by atoms with Gasteiger partial charge in [-0.3, -0.25) is 5.43 Å². The average molecular weight is 363 g/mol. The van der Waals surface area contributed by atoms with E-state index in [0.29, 0.717) is 5.56 Å². The molecule has 1 aromatic carbocycles. The van der Waals surface area contributed by atoms with E-state index in [4.69, 9.17) is 0 Å². The van der Waals surface area contributed by atoms with Crippen molar-refractivity contribution in [3.63, 3.8) is 0 Å². The van der Waals surface area contributed by atoms with Gasteiger partial charge in [-0.1, -0.05) is 6.92 Å². The number of halogens is 6. The normalized spacial score (nSPS) is 11.8. The summed E-state index contributed by atoms with van der Waals surface area (Å²) in [6.07, 6.45) is 0.265. The molecule has 25 heavy (non-hydrogen) atoms. The Bertz CT molecular complexity index is 754. The van der Waals surface area contributed by atoms with E-state index in [-0.39, 0.29) is 17.9 Å². The van der Waals surface area contributed by atoms with Crippen molar-refractivity contribution in [3.8, 4) is 5.75 Å². The van der Waals surface area contributed by atoms with Crippen molar-refractivity contribution in [2.45, 2.75) is 20.0 Å². The molecule has 0 amide bonds. The molecule has 1 heterocycles. The molecule has 0 bridgehead atoms. The molecular weight excluding hydrogens is 352 g/mol. The van der Waals surface area contributed by atoms with E-state index in [0.717, 1.165) is 0 Å². The van der Waals surface area contributed by atoms with Gasteiger partial charge >= 0.3 is 6.61 Å². The van der Waals surface area contributed by atoms with Gasteiger partial charge in [0, 0.05) is 0 Å². The predicted octanol–water partition coefficient (Wildman–Crippen LogP) is 4.47. The number of hydrazone groups is 1. The Morgan fingerprint density at radius 3 is 2.12 bits per heavy atom. The molecule has 2 aromatic rings. The van der Waals surface area contributed by atoms with Crippen LogP contribution in [0.25, 0.3) is 0 Å². The van der Waals surface area contributed by atoms with E-state index in [1.807, 2.05) is 5.43 Å². The number of benzene rings is 1. The molecule has 0 aliphatic heterocycles. The summed E-state index contributed by atoms with van der Waals surface area (Å²) in [5.74, 6) is -7.17. The molecule has 1 aromatic heterocycles. The van der Waals surface area contributed by atoms with Crippen molar-refractivity contribution in [3.05, 3.63) is 53.4 Å². The minimum atomic E-state index is -2.98. The highest BCUT2D eigenvalue weighted by Gasteiger charge is 2.20. The highest BCUT2D eigenvalue weighted by molar-refractivity contribution is 6.00. The summed E-state index contributed by atoms with van der Waals surface area (Å²) >= 11 is 0. The number of hydrogen-bond donors (Lipinski definition) is 1. The van der Waals surface area contributed by atoms with Crippen LogP contribution < -0.4 is 10.2 Å². The summed E-state index contributed by atoms with van der Waals surface area (Å²) in [5.41, 5.74) is 1.47. The molecule has 0 spiro atoms. The lowest BCUT2D eigenvalue weighted by Crippen LogP contribution is -2.09. The molecule has 0 saturated carbocycles. The molecule has 0 aliphatic carbocycles. The van der Waals surface area contributed by atoms with E-state index in [9.17, 15) is 26.3 Å². The third kappa shape index (κ3) is 4.40. The van der Waals surface area contributed by atoms with E-state index in [2.05, 4.69) is 14.8 Å². The SMILES string of the molecule is CC/C(=N\Nc1c(F)c(F)nc(F)c1F)c1ccc(OC(F)F)cc1. The molecule has 0 fully saturated rings. The van der Waals surface area contributed by atoms with Crippen LogP contribution in [0.5, 0.6) is 5.75 Å². The summed E-state index contributed by atoms with van der Waals surface area (Å²) in [6, 6.07) is 5.28. The third-order valence-corrected chi connectivity index (χ3v) is 3.05. The van der Waals surface area contributed by atoms with Crippen LogP contribution in [-0.2, 0) is 0 Å². The zero-order valence-electron chi connectivity index (χ0n) is 12.7. The van der Waals surface area contributed by atoms with Crippen LogP contribution in [-0.4, -0.2) is 17.3 Å². The Labute approximate surface area is 138 Å². The zero-order chi connectivity index (χ0) is 18.6. The van der Waals surface area contributed by atoms with Crippen molar-refractivity contribution < 1.29 is 31.1 Å². The molecule has 0 radical (unpaired) electrons. The zero-order valence-corrected chi connectivity index (χ0v) is 12.7. The van der Waals surface area contributed by atoms with Crippen molar-refractivity contribution in [2.24, 2.45) is 5.10 Å². The first-order chi connectivity index (χ1) is 11.8. The number of aromatic nitrogens is 1. The maximum absolute atomic E-state index is 13.5. The van der Waals surface area contributed by atoms with E-state index in [1.54, 1.807) is 6.92 Å². The van der Waals surface area contributed by atoms with Gasteiger partial charge in [0.1, 0.15) is 11.4 Å². The number of alkyl halides is 2. The molecule has 0 aliphatic rings. The highest BCUT2D eigenvalue weighted by Crippen LogP contribution is 2.22. The van der Waals surface area contributed by atoms with Gasteiger partial charge in [0.05, 0.1) is 5.71 Å². The van der Waals surface area contributed by atoms with Crippen LogP contribution in [0.1, 0.15) is 18.9 Å². The molecule has 0 unspecified atom stereocenters. The topological polar surface area (TPSA) is 46.5 Å². The summed E-state index contributed by atoms with van der Waals surface area (Å²) in [7, 11) is 0. The lowest BCUT2D eigenvalue weighted by Gasteiger charge is -2.09. The first kappa shape index (κ1) is 18.6. The summed E-state index contributed by atoms with van der Waals surface area (Å²) in [5, 5.41) is 3.71. The van der Waals surface area contributed by atoms with E-state index >= 15 is 0 Å². The van der Waals surface area contributed by atoms with Gasteiger partial charge < -0.3 is 4.74 Å². The molecular formula is C15H11F6N3O. The maximum Gasteiger partial charge on any atom is 0.387 e. The standard InChI is InChI=1S/C15H11F6N3O/c1-2-9(7-3-5-8(6-4-7)25-15(20)21)23-24-12-10(16)13(18)22-14(19)11(12)17/h3-6,15H,2H2,1H3,(H,22,24)/b23-9+. The molecule has 1 N–H and O–H groups in total. The van der Waals surface area contributed by atoms with Gasteiger partial charge in [-0.15, -0.1) is 0 Å². The Balaban J connectivity index is 2.27. The van der Waals surface area contributed by atoms with Crippen LogP contribution in [0.3, 0.4) is 0 Å². The van der Waals surface area contributed by atoms with Crippen LogP contribution in [0, 0.1) is 23.5 Å². The highest BCUT2D eigenvalue weighted by atomic mass is 19.3. The second-order valence-corrected chi connectivity index (χ2v) is 4.62. The fraction of sp³-hybridized carbons (Fsp3) is 0.200. The van der Waals surface area contributed by atoms with Gasteiger partial charge in [0.2, 0.25) is 11.6 Å². The number of pyridine rings is 1. The number of anilines is 1. The van der Waals surface area contributed by atoms with E-state index in [1.165, 1.54) is 24.3 Å². The molecule has 134 valence electrons. The van der Waals surface area contributed by atoms with Crippen molar-refractivity contribution in [1.82, 2.24) is 4.98 Å². The molecule has 0 saturated heterocycles. The number of ether oxygens (including phenoxy) is 1. The Morgan fingerprint density at radius 2 is 1.64 bits per heavy atom. The Hall–Kier alpha value is -2.78. The quantitative estimate of drug-likeness (QED) is 0.357. The number of nitrogens with one attached hydrogen (secondary N) is 1. The summed E-state index contributed by atoms with van der Waals surface area (Å²) in [6.45, 7) is -1.32. The fourth-order valence-electron chi connectivity index (χ4n) is 1.89. The van der Waals surface area contributed by atoms with Gasteiger partial charge in [-0.05, 0) is 36.2 Å². The second kappa shape index (κ2) is 7.86. The van der Waals surface area contributed by atoms with Gasteiger partial charge in [-0.25, -0.2) is 0 Å². The van der Waals surface area contributed by atoms with Crippen LogP contribution in [0.2, 0.25) is 0 Å². The Kier molecular flexibility index (Phi) is 5.84. The van der Waals surface area contributed by atoms with E-state index < -0.39 is 35.8 Å². The number of nitrogens with zero attached hydrogens (tertiary/aromatic N) is 2. The average Bonchev–Trinajstić information content (AvgIpc) is 2.57. The third-order valence-electron chi connectivity index (χ3n) is 3.05. The van der Waals surface area contributed by atoms with Crippen molar-refractivity contribution in [2.75, 3.05) is 5.43 Å². The maximum atomic E-state index is 13.5. The molecule has 4 nitrogen and oxygen atoms in total. The fourth-order valence-corrected chi connectivity index (χ4v) is 1.89. The minimum Gasteiger partial charge on any atom is -0.435 e. The predicted molar refractivity (Wildman–Crippen MR) is 77.6 cm³/mol. The van der Waals surface area contributed by atoms with Gasteiger partial charge in [0.15, 0.2) is 0 Å².